The van der Waals surface area contributed by atoms with E-state index < -0.39 is 27.7 Å². The van der Waals surface area contributed by atoms with E-state index in [9.17, 15) is 18.0 Å². The van der Waals surface area contributed by atoms with Crippen LogP contribution in [0.4, 0.5) is 0 Å². The van der Waals surface area contributed by atoms with Gasteiger partial charge in [-0.2, -0.15) is 0 Å². The van der Waals surface area contributed by atoms with E-state index in [0.29, 0.717) is 6.42 Å². The van der Waals surface area contributed by atoms with Crippen molar-refractivity contribution in [1.82, 2.24) is 0 Å². The molecule has 1 aliphatic heterocycles. The zero-order chi connectivity index (χ0) is 11.6. The molecule has 1 fully saturated rings. The minimum absolute atomic E-state index is 0.0327. The van der Waals surface area contributed by atoms with Crippen LogP contribution in [0.5, 0.6) is 0 Å². The molecule has 0 radical (unpaired) electrons. The number of rotatable bonds is 4. The van der Waals surface area contributed by atoms with Crippen molar-refractivity contribution in [2.24, 2.45) is 11.8 Å². The van der Waals surface area contributed by atoms with Crippen molar-refractivity contribution in [1.29, 1.82) is 0 Å². The lowest BCUT2D eigenvalue weighted by Crippen LogP contribution is -2.18. The highest BCUT2D eigenvalue weighted by Crippen LogP contribution is 2.24. The fourth-order valence-electron chi connectivity index (χ4n) is 1.77. The second kappa shape index (κ2) is 4.30. The lowest BCUT2D eigenvalue weighted by atomic mass is 9.96. The van der Waals surface area contributed by atoms with E-state index in [1.807, 2.05) is 0 Å². The molecule has 0 aliphatic carbocycles. The lowest BCUT2D eigenvalue weighted by Gasteiger charge is -2.11. The van der Waals surface area contributed by atoms with Gasteiger partial charge in [0.15, 0.2) is 0 Å². The van der Waals surface area contributed by atoms with Crippen molar-refractivity contribution >= 4 is 21.8 Å². The summed E-state index contributed by atoms with van der Waals surface area (Å²) < 4.78 is 26.3. The van der Waals surface area contributed by atoms with Crippen molar-refractivity contribution in [3.8, 4) is 0 Å². The first-order chi connectivity index (χ1) is 6.78. The standard InChI is InChI=1S/C9H14O5S/c1-6(5-15(2,12)13)3-7-4-8(10)14-9(7)11/h6-7H,3-5H2,1-2H3. The molecule has 1 saturated heterocycles. The van der Waals surface area contributed by atoms with Crippen LogP contribution in [0.1, 0.15) is 19.8 Å². The SMILES string of the molecule is CC(CC1CC(=O)OC1=O)CS(C)(=O)=O. The summed E-state index contributed by atoms with van der Waals surface area (Å²) in [5.74, 6) is -1.61. The van der Waals surface area contributed by atoms with Crippen LogP contribution in [-0.4, -0.2) is 32.4 Å². The molecule has 1 rings (SSSR count). The van der Waals surface area contributed by atoms with E-state index in [0.717, 1.165) is 6.26 Å². The summed E-state index contributed by atoms with van der Waals surface area (Å²) in [6, 6.07) is 0. The number of hydrogen-bond donors (Lipinski definition) is 0. The molecule has 0 aromatic carbocycles. The monoisotopic (exact) mass is 234 g/mol. The second-order valence-corrected chi connectivity index (χ2v) is 6.31. The Morgan fingerprint density at radius 2 is 2.07 bits per heavy atom. The number of cyclic esters (lactones) is 2. The van der Waals surface area contributed by atoms with E-state index in [1.165, 1.54) is 0 Å². The Morgan fingerprint density at radius 3 is 2.47 bits per heavy atom. The van der Waals surface area contributed by atoms with E-state index in [-0.39, 0.29) is 18.1 Å². The third kappa shape index (κ3) is 3.99. The van der Waals surface area contributed by atoms with Crippen LogP contribution in [0.25, 0.3) is 0 Å². The van der Waals surface area contributed by atoms with E-state index in [2.05, 4.69) is 4.74 Å². The third-order valence-electron chi connectivity index (χ3n) is 2.23. The molecule has 6 heteroatoms. The highest BCUT2D eigenvalue weighted by molar-refractivity contribution is 7.90. The van der Waals surface area contributed by atoms with Crippen molar-refractivity contribution in [3.63, 3.8) is 0 Å². The van der Waals surface area contributed by atoms with Crippen LogP contribution >= 0.6 is 0 Å². The maximum Gasteiger partial charge on any atom is 0.317 e. The number of hydrogen-bond acceptors (Lipinski definition) is 5. The van der Waals surface area contributed by atoms with Gasteiger partial charge in [-0.25, -0.2) is 8.42 Å². The van der Waals surface area contributed by atoms with Gasteiger partial charge in [-0.15, -0.1) is 0 Å². The predicted octanol–water partition coefficient (Wildman–Crippen LogP) is 0.147. The largest absolute Gasteiger partial charge is 0.393 e. The molecule has 15 heavy (non-hydrogen) atoms. The van der Waals surface area contributed by atoms with Gasteiger partial charge in [0.2, 0.25) is 0 Å². The molecule has 1 aliphatic rings. The number of carbonyl (C=O) groups excluding carboxylic acids is 2. The summed E-state index contributed by atoms with van der Waals surface area (Å²) in [7, 11) is -3.03. The summed E-state index contributed by atoms with van der Waals surface area (Å²) in [6.45, 7) is 1.75. The Hall–Kier alpha value is -0.910. The van der Waals surface area contributed by atoms with Crippen molar-refractivity contribution in [2.45, 2.75) is 19.8 Å². The molecule has 0 N–H and O–H groups in total. The lowest BCUT2D eigenvalue weighted by molar-refractivity contribution is -0.153. The predicted molar refractivity (Wildman–Crippen MR) is 52.7 cm³/mol. The van der Waals surface area contributed by atoms with Gasteiger partial charge in [-0.1, -0.05) is 6.92 Å². The fourth-order valence-corrected chi connectivity index (χ4v) is 2.94. The van der Waals surface area contributed by atoms with E-state index in [1.54, 1.807) is 6.92 Å². The summed E-state index contributed by atoms with van der Waals surface area (Å²) in [5.41, 5.74) is 0. The average Bonchev–Trinajstić information content (AvgIpc) is 2.25. The Kier molecular flexibility index (Phi) is 3.49. The van der Waals surface area contributed by atoms with Gasteiger partial charge in [-0.05, 0) is 12.3 Å². The van der Waals surface area contributed by atoms with Gasteiger partial charge in [-0.3, -0.25) is 9.59 Å². The van der Waals surface area contributed by atoms with Crippen molar-refractivity contribution < 1.29 is 22.7 Å². The zero-order valence-electron chi connectivity index (χ0n) is 8.73. The minimum Gasteiger partial charge on any atom is -0.393 e. The van der Waals surface area contributed by atoms with Crippen LogP contribution < -0.4 is 0 Å². The Balaban J connectivity index is 2.49. The molecule has 2 unspecified atom stereocenters. The van der Waals surface area contributed by atoms with E-state index >= 15 is 0 Å². The van der Waals surface area contributed by atoms with Crippen LogP contribution in [0.2, 0.25) is 0 Å². The second-order valence-electron chi connectivity index (χ2n) is 4.13. The molecule has 0 aromatic heterocycles. The highest BCUT2D eigenvalue weighted by atomic mass is 32.2. The smallest absolute Gasteiger partial charge is 0.317 e. The van der Waals surface area contributed by atoms with Gasteiger partial charge in [0.1, 0.15) is 9.84 Å². The summed E-state index contributed by atoms with van der Waals surface area (Å²) in [4.78, 5) is 21.9. The first-order valence-electron chi connectivity index (χ1n) is 4.70. The summed E-state index contributed by atoms with van der Waals surface area (Å²) in [5, 5.41) is 0. The highest BCUT2D eigenvalue weighted by Gasteiger charge is 2.34. The zero-order valence-corrected chi connectivity index (χ0v) is 9.54. The normalized spacial score (nSPS) is 24.0. The van der Waals surface area contributed by atoms with Gasteiger partial charge in [0, 0.05) is 6.26 Å². The van der Waals surface area contributed by atoms with Gasteiger partial charge < -0.3 is 4.74 Å². The number of ether oxygens (including phenoxy) is 1. The number of sulfone groups is 1. The molecule has 0 aromatic rings. The Labute approximate surface area is 88.7 Å². The molecule has 1 heterocycles. The molecule has 2 atom stereocenters. The third-order valence-corrected chi connectivity index (χ3v) is 3.41. The van der Waals surface area contributed by atoms with Crippen LogP contribution in [0.3, 0.4) is 0 Å². The molecule has 5 nitrogen and oxygen atoms in total. The van der Waals surface area contributed by atoms with Crippen molar-refractivity contribution in [2.75, 3.05) is 12.0 Å². The Morgan fingerprint density at radius 1 is 1.47 bits per heavy atom. The van der Waals surface area contributed by atoms with Gasteiger partial charge in [0.05, 0.1) is 18.1 Å². The number of esters is 2. The average molecular weight is 234 g/mol. The van der Waals surface area contributed by atoms with Crippen LogP contribution in [0.15, 0.2) is 0 Å². The maximum absolute atomic E-state index is 11.1. The van der Waals surface area contributed by atoms with Gasteiger partial charge >= 0.3 is 11.9 Å². The van der Waals surface area contributed by atoms with Crippen molar-refractivity contribution in [3.05, 3.63) is 0 Å². The molecular weight excluding hydrogens is 220 g/mol. The van der Waals surface area contributed by atoms with Crippen LogP contribution in [0, 0.1) is 11.8 Å². The summed E-state index contributed by atoms with van der Waals surface area (Å²) >= 11 is 0. The quantitative estimate of drug-likeness (QED) is 0.511. The maximum atomic E-state index is 11.1. The molecular formula is C9H14O5S. The van der Waals surface area contributed by atoms with Gasteiger partial charge in [0.25, 0.3) is 0 Å². The summed E-state index contributed by atoms with van der Waals surface area (Å²) in [6.07, 6.45) is 1.62. The van der Waals surface area contributed by atoms with Crippen LogP contribution in [-0.2, 0) is 24.2 Å². The first-order valence-corrected chi connectivity index (χ1v) is 6.76. The topological polar surface area (TPSA) is 77.5 Å². The molecule has 0 bridgehead atoms. The first kappa shape index (κ1) is 12.2. The molecule has 0 saturated carbocycles. The number of carbonyl (C=O) groups is 2. The molecule has 0 amide bonds. The molecule has 0 spiro atoms. The Bertz CT molecular complexity index is 370. The van der Waals surface area contributed by atoms with E-state index in [4.69, 9.17) is 0 Å². The molecule has 86 valence electrons. The minimum atomic E-state index is -3.03. The fraction of sp³-hybridized carbons (Fsp3) is 0.778.